The minimum Gasteiger partial charge on any atom is -0.462 e. The van der Waals surface area contributed by atoms with Crippen LogP contribution in [0.2, 0.25) is 0 Å². The summed E-state index contributed by atoms with van der Waals surface area (Å²) in [5, 5.41) is 0. The summed E-state index contributed by atoms with van der Waals surface area (Å²) in [5.41, 5.74) is 0. The third kappa shape index (κ3) is 42.9. The van der Waals surface area contributed by atoms with Crippen LogP contribution in [0.15, 0.2) is 24.3 Å². The van der Waals surface area contributed by atoms with E-state index in [-0.39, 0.29) is 31.1 Å². The number of esters is 3. The van der Waals surface area contributed by atoms with Gasteiger partial charge in [0.2, 0.25) is 0 Å². The highest BCUT2D eigenvalue weighted by Crippen LogP contribution is 2.15. The lowest BCUT2D eigenvalue weighted by Crippen LogP contribution is -2.30. The number of carbonyl (C=O) groups excluding carboxylic acids is 3. The van der Waals surface area contributed by atoms with Crippen LogP contribution < -0.4 is 0 Å². The quantitative estimate of drug-likeness (QED) is 0.0266. The van der Waals surface area contributed by atoms with Gasteiger partial charge in [-0.3, -0.25) is 14.4 Å². The van der Waals surface area contributed by atoms with Crippen molar-refractivity contribution in [3.05, 3.63) is 24.3 Å². The van der Waals surface area contributed by atoms with Crippen LogP contribution in [0.5, 0.6) is 0 Å². The lowest BCUT2D eigenvalue weighted by atomic mass is 10.0. The van der Waals surface area contributed by atoms with Crippen molar-refractivity contribution < 1.29 is 28.6 Å². The number of ether oxygens (including phenoxy) is 3. The molecule has 0 heterocycles. The Balaban J connectivity index is 4.35. The highest BCUT2D eigenvalue weighted by Gasteiger charge is 2.19. The smallest absolute Gasteiger partial charge is 0.306 e. The summed E-state index contributed by atoms with van der Waals surface area (Å²) >= 11 is 0. The summed E-state index contributed by atoms with van der Waals surface area (Å²) in [5.74, 6) is -0.879. The summed E-state index contributed by atoms with van der Waals surface area (Å²) in [6.45, 7) is 6.52. The van der Waals surface area contributed by atoms with E-state index < -0.39 is 6.10 Å². The minimum absolute atomic E-state index is 0.0728. The van der Waals surface area contributed by atoms with Crippen LogP contribution in [0.4, 0.5) is 0 Å². The Labute approximate surface area is 341 Å². The summed E-state index contributed by atoms with van der Waals surface area (Å²) in [7, 11) is 0. The molecule has 0 aromatic carbocycles. The second-order valence-corrected chi connectivity index (χ2v) is 16.0. The van der Waals surface area contributed by atoms with E-state index in [2.05, 4.69) is 45.1 Å². The Kier molecular flexibility index (Phi) is 42.9. The molecule has 6 heteroatoms. The van der Waals surface area contributed by atoms with Gasteiger partial charge in [0.25, 0.3) is 0 Å². The van der Waals surface area contributed by atoms with Crippen molar-refractivity contribution in [3.63, 3.8) is 0 Å². The van der Waals surface area contributed by atoms with Crippen LogP contribution in [0, 0.1) is 0 Å². The van der Waals surface area contributed by atoms with Crippen LogP contribution >= 0.6 is 0 Å². The van der Waals surface area contributed by atoms with Crippen LogP contribution in [0.3, 0.4) is 0 Å². The number of allylic oxidation sites excluding steroid dienone is 4. The van der Waals surface area contributed by atoms with E-state index in [0.717, 1.165) is 89.9 Å². The van der Waals surface area contributed by atoms with Gasteiger partial charge in [-0.15, -0.1) is 0 Å². The summed E-state index contributed by atoms with van der Waals surface area (Å²) < 4.78 is 16.7. The van der Waals surface area contributed by atoms with Crippen LogP contribution in [-0.2, 0) is 28.6 Å². The maximum Gasteiger partial charge on any atom is 0.306 e. The van der Waals surface area contributed by atoms with E-state index in [1.165, 1.54) is 122 Å². The number of unbranched alkanes of at least 4 members (excludes halogenated alkanes) is 28. The Hall–Kier alpha value is -2.11. The molecule has 0 bridgehead atoms. The lowest BCUT2D eigenvalue weighted by molar-refractivity contribution is -0.167. The summed E-state index contributed by atoms with van der Waals surface area (Å²) in [6.07, 6.45) is 48.7. The average molecular weight is 775 g/mol. The second-order valence-electron chi connectivity index (χ2n) is 16.0. The molecule has 0 amide bonds. The van der Waals surface area contributed by atoms with Crippen molar-refractivity contribution in [1.29, 1.82) is 0 Å². The van der Waals surface area contributed by atoms with Crippen molar-refractivity contribution in [2.24, 2.45) is 0 Å². The summed E-state index contributed by atoms with van der Waals surface area (Å²) in [4.78, 5) is 37.8. The van der Waals surface area contributed by atoms with Crippen molar-refractivity contribution >= 4 is 17.9 Å². The fourth-order valence-electron chi connectivity index (χ4n) is 6.89. The Bertz CT molecular complexity index is 896. The first-order valence-corrected chi connectivity index (χ1v) is 23.8. The first-order chi connectivity index (χ1) is 27.0. The molecule has 0 fully saturated rings. The van der Waals surface area contributed by atoms with E-state index in [1.54, 1.807) is 0 Å². The van der Waals surface area contributed by atoms with Crippen LogP contribution in [-0.4, -0.2) is 37.2 Å². The highest BCUT2D eigenvalue weighted by molar-refractivity contribution is 5.71. The van der Waals surface area contributed by atoms with E-state index in [1.807, 2.05) is 0 Å². The van der Waals surface area contributed by atoms with Gasteiger partial charge in [0.1, 0.15) is 13.2 Å². The van der Waals surface area contributed by atoms with Gasteiger partial charge in [-0.25, -0.2) is 0 Å². The molecule has 322 valence electrons. The molecule has 0 aliphatic heterocycles. The lowest BCUT2D eigenvalue weighted by Gasteiger charge is -2.18. The molecular formula is C49H90O6. The van der Waals surface area contributed by atoms with Crippen molar-refractivity contribution in [3.8, 4) is 0 Å². The standard InChI is InChI=1S/C49H90O6/c1-4-7-10-13-16-19-22-25-28-30-33-36-39-42-48(51)54-45-46(55-49(52)43-40-37-34-31-27-24-21-18-15-12-9-6-3)44-53-47(50)41-38-35-32-29-26-23-20-17-14-11-8-5-2/h9,12,18,21,46H,4-8,10-11,13-17,19-20,22-45H2,1-3H3/b12-9-,21-18-. The Morgan fingerprint density at radius 3 is 1.09 bits per heavy atom. The highest BCUT2D eigenvalue weighted by atomic mass is 16.6. The number of hydrogen-bond acceptors (Lipinski definition) is 6. The molecule has 0 N–H and O–H groups in total. The molecule has 6 nitrogen and oxygen atoms in total. The molecule has 0 aliphatic carbocycles. The van der Waals surface area contributed by atoms with Gasteiger partial charge >= 0.3 is 17.9 Å². The van der Waals surface area contributed by atoms with Gasteiger partial charge in [0.05, 0.1) is 0 Å². The molecule has 0 aliphatic rings. The Morgan fingerprint density at radius 1 is 0.382 bits per heavy atom. The predicted octanol–water partition coefficient (Wildman–Crippen LogP) is 15.2. The molecule has 0 saturated heterocycles. The van der Waals surface area contributed by atoms with E-state index in [9.17, 15) is 14.4 Å². The maximum absolute atomic E-state index is 12.7. The minimum atomic E-state index is -0.770. The van der Waals surface area contributed by atoms with Gasteiger partial charge in [-0.1, -0.05) is 212 Å². The number of hydrogen-bond donors (Lipinski definition) is 0. The van der Waals surface area contributed by atoms with Gasteiger partial charge < -0.3 is 14.2 Å². The number of rotatable bonds is 43. The van der Waals surface area contributed by atoms with Crippen molar-refractivity contribution in [2.45, 2.75) is 258 Å². The first-order valence-electron chi connectivity index (χ1n) is 23.8. The van der Waals surface area contributed by atoms with Gasteiger partial charge in [-0.2, -0.15) is 0 Å². The molecule has 0 spiro atoms. The predicted molar refractivity (Wildman–Crippen MR) is 233 cm³/mol. The van der Waals surface area contributed by atoms with E-state index in [4.69, 9.17) is 14.2 Å². The maximum atomic E-state index is 12.7. The fourth-order valence-corrected chi connectivity index (χ4v) is 6.89. The second kappa shape index (κ2) is 44.6. The molecule has 0 saturated carbocycles. The zero-order chi connectivity index (χ0) is 40.1. The SMILES string of the molecule is CC/C=C\C/C=C\CCCCCCCC(=O)OC(COC(=O)CCCCCCCCCCCCCC)COC(=O)CCCCCCCCCCCCCCC. The third-order valence-electron chi connectivity index (χ3n) is 10.5. The monoisotopic (exact) mass is 775 g/mol. The normalized spacial score (nSPS) is 12.1. The molecule has 1 atom stereocenters. The zero-order valence-electron chi connectivity index (χ0n) is 36.7. The molecular weight excluding hydrogens is 685 g/mol. The van der Waals surface area contributed by atoms with Crippen LogP contribution in [0.25, 0.3) is 0 Å². The molecule has 55 heavy (non-hydrogen) atoms. The number of carbonyl (C=O) groups is 3. The first kappa shape index (κ1) is 52.9. The largest absolute Gasteiger partial charge is 0.462 e. The molecule has 0 aromatic heterocycles. The van der Waals surface area contributed by atoms with Gasteiger partial charge in [-0.05, 0) is 44.9 Å². The average Bonchev–Trinajstić information content (AvgIpc) is 3.18. The third-order valence-corrected chi connectivity index (χ3v) is 10.5. The van der Waals surface area contributed by atoms with E-state index in [0.29, 0.717) is 19.3 Å². The molecule has 0 aromatic rings. The Morgan fingerprint density at radius 2 is 0.709 bits per heavy atom. The van der Waals surface area contributed by atoms with Crippen molar-refractivity contribution in [1.82, 2.24) is 0 Å². The van der Waals surface area contributed by atoms with Gasteiger partial charge in [0, 0.05) is 19.3 Å². The molecule has 0 rings (SSSR count). The van der Waals surface area contributed by atoms with E-state index >= 15 is 0 Å². The molecule has 1 unspecified atom stereocenters. The van der Waals surface area contributed by atoms with Crippen molar-refractivity contribution in [2.75, 3.05) is 13.2 Å². The van der Waals surface area contributed by atoms with Gasteiger partial charge in [0.15, 0.2) is 6.10 Å². The van der Waals surface area contributed by atoms with Crippen LogP contribution in [0.1, 0.15) is 252 Å². The fraction of sp³-hybridized carbons (Fsp3) is 0.857. The zero-order valence-corrected chi connectivity index (χ0v) is 36.7. The summed E-state index contributed by atoms with van der Waals surface area (Å²) in [6, 6.07) is 0. The topological polar surface area (TPSA) is 78.9 Å². The molecule has 0 radical (unpaired) electrons.